The van der Waals surface area contributed by atoms with E-state index in [1.165, 1.54) is 24.3 Å². The smallest absolute Gasteiger partial charge is 0.387 e. The number of rotatable bonds is 7. The number of hydrogen-bond donors (Lipinski definition) is 1. The normalized spacial score (nSPS) is 21.0. The first-order valence-electron chi connectivity index (χ1n) is 8.86. The van der Waals surface area contributed by atoms with Crippen LogP contribution in [0.4, 0.5) is 13.2 Å². The average Bonchev–Trinajstić information content (AvgIpc) is 3.13. The van der Waals surface area contributed by atoms with Crippen LogP contribution in [0.3, 0.4) is 0 Å². The molecule has 0 spiro atoms. The zero-order valence-electron chi connectivity index (χ0n) is 15.5. The molecule has 1 aliphatic rings. The highest BCUT2D eigenvalue weighted by molar-refractivity contribution is 7.89. The number of halogens is 3. The van der Waals surface area contributed by atoms with Crippen LogP contribution in [0.15, 0.2) is 47.4 Å². The van der Waals surface area contributed by atoms with Crippen molar-refractivity contribution >= 4 is 10.0 Å². The van der Waals surface area contributed by atoms with Gasteiger partial charge in [0.25, 0.3) is 0 Å². The topological polar surface area (TPSA) is 69.4 Å². The fraction of sp³-hybridized carbons (Fsp3) is 0.400. The Kier molecular flexibility index (Phi) is 5.46. The first-order chi connectivity index (χ1) is 13.0. The zero-order chi connectivity index (χ0) is 20.7. The maximum Gasteiger partial charge on any atom is 0.387 e. The summed E-state index contributed by atoms with van der Waals surface area (Å²) in [5.41, 5.74) is 1.52. The van der Waals surface area contributed by atoms with Gasteiger partial charge in [0.15, 0.2) is 0 Å². The minimum Gasteiger partial charge on any atom is -0.434 e. The summed E-state index contributed by atoms with van der Waals surface area (Å²) in [7, 11) is -3.74. The van der Waals surface area contributed by atoms with Crippen LogP contribution < -0.4 is 9.88 Å². The van der Waals surface area contributed by atoms with Gasteiger partial charge >= 0.3 is 6.61 Å². The van der Waals surface area contributed by atoms with Crippen molar-refractivity contribution in [3.8, 4) is 5.75 Å². The summed E-state index contributed by atoms with van der Waals surface area (Å²) in [6.07, 6.45) is 1.18. The fourth-order valence-corrected chi connectivity index (χ4v) is 4.58. The molecule has 0 unspecified atom stereocenters. The summed E-state index contributed by atoms with van der Waals surface area (Å²) in [5, 5.41) is 5.13. The molecule has 152 valence electrons. The molecule has 0 aliphatic heterocycles. The predicted molar refractivity (Wildman–Crippen MR) is 99.2 cm³/mol. The molecule has 3 rings (SSSR count). The third-order valence-electron chi connectivity index (χ3n) is 5.59. The molecule has 0 saturated heterocycles. The lowest BCUT2D eigenvalue weighted by Gasteiger charge is -2.11. The summed E-state index contributed by atoms with van der Waals surface area (Å²) in [6, 6.07) is 10.2. The molecule has 2 atom stereocenters. The Morgan fingerprint density at radius 1 is 1.14 bits per heavy atom. The maximum absolute atomic E-state index is 13.4. The molecule has 0 heterocycles. The van der Waals surface area contributed by atoms with Crippen molar-refractivity contribution in [3.05, 3.63) is 59.4 Å². The number of primary sulfonamides is 1. The molecule has 2 aromatic carbocycles. The van der Waals surface area contributed by atoms with Crippen molar-refractivity contribution in [2.75, 3.05) is 0 Å². The van der Waals surface area contributed by atoms with Crippen molar-refractivity contribution in [1.29, 1.82) is 0 Å². The molecule has 1 saturated carbocycles. The van der Waals surface area contributed by atoms with E-state index in [-0.39, 0.29) is 27.9 Å². The van der Waals surface area contributed by atoms with Gasteiger partial charge < -0.3 is 4.74 Å². The predicted octanol–water partition coefficient (Wildman–Crippen LogP) is 4.45. The van der Waals surface area contributed by atoms with Gasteiger partial charge in [-0.15, -0.1) is 0 Å². The summed E-state index contributed by atoms with van der Waals surface area (Å²) in [4.78, 5) is 0.0614. The Labute approximate surface area is 162 Å². The Morgan fingerprint density at radius 2 is 1.79 bits per heavy atom. The van der Waals surface area contributed by atoms with Gasteiger partial charge in [-0.2, -0.15) is 8.78 Å². The largest absolute Gasteiger partial charge is 0.434 e. The van der Waals surface area contributed by atoms with Crippen molar-refractivity contribution < 1.29 is 26.3 Å². The Morgan fingerprint density at radius 3 is 2.36 bits per heavy atom. The molecule has 0 radical (unpaired) electrons. The van der Waals surface area contributed by atoms with E-state index in [0.717, 1.165) is 11.6 Å². The van der Waals surface area contributed by atoms with E-state index in [0.29, 0.717) is 18.4 Å². The van der Waals surface area contributed by atoms with E-state index in [4.69, 9.17) is 5.14 Å². The lowest BCUT2D eigenvalue weighted by molar-refractivity contribution is -0.0506. The monoisotopic (exact) mass is 413 g/mol. The summed E-state index contributed by atoms with van der Waals surface area (Å²) >= 11 is 0. The number of ether oxygens (including phenoxy) is 1. The Bertz CT molecular complexity index is 959. The van der Waals surface area contributed by atoms with Crippen molar-refractivity contribution in [3.63, 3.8) is 0 Å². The van der Waals surface area contributed by atoms with E-state index >= 15 is 0 Å². The third-order valence-corrected chi connectivity index (χ3v) is 6.52. The molecule has 2 N–H and O–H groups in total. The second kappa shape index (κ2) is 7.40. The molecule has 28 heavy (non-hydrogen) atoms. The zero-order valence-corrected chi connectivity index (χ0v) is 16.3. The van der Waals surface area contributed by atoms with Crippen molar-refractivity contribution in [2.45, 2.75) is 44.1 Å². The quantitative estimate of drug-likeness (QED) is 0.729. The lowest BCUT2D eigenvalue weighted by Crippen LogP contribution is -2.11. The molecule has 4 nitrogen and oxygen atoms in total. The van der Waals surface area contributed by atoms with Crippen LogP contribution in [0.2, 0.25) is 0 Å². The number of benzene rings is 2. The van der Waals surface area contributed by atoms with Gasteiger partial charge in [-0.1, -0.05) is 32.0 Å². The molecular formula is C20H22F3NO3S. The number of alkyl halides is 2. The van der Waals surface area contributed by atoms with E-state index < -0.39 is 22.5 Å². The molecule has 0 aromatic heterocycles. The molecule has 0 amide bonds. The maximum atomic E-state index is 13.4. The Balaban J connectivity index is 1.72. The van der Waals surface area contributed by atoms with Gasteiger partial charge in [-0.3, -0.25) is 0 Å². The van der Waals surface area contributed by atoms with Gasteiger partial charge in [0.1, 0.15) is 11.6 Å². The molecule has 8 heteroatoms. The first kappa shape index (κ1) is 20.7. The minimum absolute atomic E-state index is 0.0210. The van der Waals surface area contributed by atoms with Gasteiger partial charge in [0.2, 0.25) is 10.0 Å². The SMILES string of the molecule is CC1(C)[C@@H](CCc2ccc(F)cc2OC(F)F)[C@@H]1c1ccc(S(N)(=O)=O)cc1. The van der Waals surface area contributed by atoms with Gasteiger partial charge in [0, 0.05) is 6.07 Å². The van der Waals surface area contributed by atoms with Crippen LogP contribution in [0.5, 0.6) is 5.75 Å². The van der Waals surface area contributed by atoms with Crippen LogP contribution >= 0.6 is 0 Å². The first-order valence-corrected chi connectivity index (χ1v) is 10.4. The van der Waals surface area contributed by atoms with E-state index in [2.05, 4.69) is 18.6 Å². The number of hydrogen-bond acceptors (Lipinski definition) is 3. The molecular weight excluding hydrogens is 391 g/mol. The third kappa shape index (κ3) is 4.33. The van der Waals surface area contributed by atoms with Crippen molar-refractivity contribution in [1.82, 2.24) is 0 Å². The fourth-order valence-electron chi connectivity index (χ4n) is 4.06. The molecule has 1 fully saturated rings. The molecule has 2 aromatic rings. The number of nitrogens with two attached hydrogens (primary N) is 1. The number of sulfonamides is 1. The molecule has 1 aliphatic carbocycles. The van der Waals surface area contributed by atoms with Gasteiger partial charge in [-0.05, 0) is 59.4 Å². The van der Waals surface area contributed by atoms with Crippen LogP contribution in [-0.2, 0) is 16.4 Å². The number of aryl methyl sites for hydroxylation is 1. The summed E-state index contributed by atoms with van der Waals surface area (Å²) < 4.78 is 65.7. The van der Waals surface area contributed by atoms with E-state index in [9.17, 15) is 21.6 Å². The minimum atomic E-state index is -3.74. The van der Waals surface area contributed by atoms with Gasteiger partial charge in [-0.25, -0.2) is 17.9 Å². The van der Waals surface area contributed by atoms with E-state index in [1.54, 1.807) is 12.1 Å². The highest BCUT2D eigenvalue weighted by atomic mass is 32.2. The second-order valence-electron chi connectivity index (χ2n) is 7.69. The van der Waals surface area contributed by atoms with E-state index in [1.807, 2.05) is 0 Å². The average molecular weight is 413 g/mol. The van der Waals surface area contributed by atoms with Crippen molar-refractivity contribution in [2.24, 2.45) is 16.5 Å². The lowest BCUT2D eigenvalue weighted by atomic mass is 10.0. The van der Waals surface area contributed by atoms with Crippen LogP contribution in [0.25, 0.3) is 0 Å². The second-order valence-corrected chi connectivity index (χ2v) is 9.25. The highest BCUT2D eigenvalue weighted by Crippen LogP contribution is 2.66. The standard InChI is InChI=1S/C20H22F3NO3S/c1-20(2)16(18(20)13-4-8-15(9-5-13)28(24,25)26)10-6-12-3-7-14(21)11-17(12)27-19(22)23/h3-5,7-9,11,16,18-19H,6,10H2,1-2H3,(H2,24,25,26)/t16-,18-/m0/s1. The van der Waals surface area contributed by atoms with Crippen LogP contribution in [0.1, 0.15) is 37.3 Å². The van der Waals surface area contributed by atoms with Crippen LogP contribution in [-0.4, -0.2) is 15.0 Å². The van der Waals surface area contributed by atoms with Crippen LogP contribution in [0, 0.1) is 17.2 Å². The summed E-state index contributed by atoms with van der Waals surface area (Å²) in [6.45, 7) is 1.21. The molecule has 0 bridgehead atoms. The summed E-state index contributed by atoms with van der Waals surface area (Å²) in [5.74, 6) is -0.277. The van der Waals surface area contributed by atoms with Gasteiger partial charge in [0.05, 0.1) is 4.90 Å². The highest BCUT2D eigenvalue weighted by Gasteiger charge is 2.57. The Hall–Kier alpha value is -2.06.